The molecule has 0 saturated heterocycles. The highest BCUT2D eigenvalue weighted by Gasteiger charge is 2.09. The van der Waals surface area contributed by atoms with Crippen molar-refractivity contribution in [2.45, 2.75) is 162 Å². The second-order valence-electron chi connectivity index (χ2n) is 11.0. The molecule has 0 radical (unpaired) electrons. The summed E-state index contributed by atoms with van der Waals surface area (Å²) in [5.41, 5.74) is 7.26. The third-order valence-electron chi connectivity index (χ3n) is 7.08. The van der Waals surface area contributed by atoms with Gasteiger partial charge < -0.3 is 15.2 Å². The third kappa shape index (κ3) is 19.0. The molecular weight excluding hydrogens is 442 g/mol. The van der Waals surface area contributed by atoms with Crippen molar-refractivity contribution in [3.8, 4) is 11.5 Å². The molecule has 0 bridgehead atoms. The van der Waals surface area contributed by atoms with Crippen LogP contribution >= 0.6 is 0 Å². The van der Waals surface area contributed by atoms with Crippen LogP contribution in [0.2, 0.25) is 0 Å². The van der Waals surface area contributed by atoms with Crippen LogP contribution < -0.4 is 15.2 Å². The molecule has 0 amide bonds. The van der Waals surface area contributed by atoms with Crippen molar-refractivity contribution in [1.82, 2.24) is 0 Å². The van der Waals surface area contributed by atoms with Gasteiger partial charge in [-0.25, -0.2) is 0 Å². The molecule has 0 aromatic heterocycles. The lowest BCUT2D eigenvalue weighted by Crippen LogP contribution is -2.17. The summed E-state index contributed by atoms with van der Waals surface area (Å²) in [5.74, 6) is 1.79. The van der Waals surface area contributed by atoms with E-state index >= 15 is 0 Å². The molecule has 3 heteroatoms. The summed E-state index contributed by atoms with van der Waals surface area (Å²) in [5, 5.41) is 0. The highest BCUT2D eigenvalue weighted by molar-refractivity contribution is 5.43. The maximum absolute atomic E-state index is 6.22. The standard InChI is InChI=1S/C33H61NO2/c1-4-6-8-10-12-14-16-18-20-22-26-35-32-25-24-31(28-30(3)34)29-33(32)36-27-23-21-19-17-15-13-11-9-7-5-2/h24-25,29-30H,4-23,26-28,34H2,1-3H3. The first-order valence-corrected chi connectivity index (χ1v) is 15.8. The number of unbranched alkanes of at least 4 members (excludes halogenated alkanes) is 18. The maximum atomic E-state index is 6.22. The van der Waals surface area contributed by atoms with Crippen LogP contribution in [0.3, 0.4) is 0 Å². The minimum atomic E-state index is 0.151. The molecule has 1 unspecified atom stereocenters. The van der Waals surface area contributed by atoms with Gasteiger partial charge in [-0.3, -0.25) is 0 Å². The van der Waals surface area contributed by atoms with E-state index in [1.807, 2.05) is 0 Å². The van der Waals surface area contributed by atoms with Crippen LogP contribution in [-0.2, 0) is 6.42 Å². The van der Waals surface area contributed by atoms with Crippen molar-refractivity contribution in [1.29, 1.82) is 0 Å². The second kappa shape index (κ2) is 24.1. The number of nitrogens with two attached hydrogens (primary N) is 1. The summed E-state index contributed by atoms with van der Waals surface area (Å²) in [6, 6.07) is 6.53. The Bertz CT molecular complexity index is 601. The molecule has 0 aliphatic carbocycles. The van der Waals surface area contributed by atoms with Gasteiger partial charge in [0.2, 0.25) is 0 Å². The van der Waals surface area contributed by atoms with E-state index < -0.39 is 0 Å². The van der Waals surface area contributed by atoms with Crippen molar-refractivity contribution < 1.29 is 9.47 Å². The summed E-state index contributed by atoms with van der Waals surface area (Å²) in [6.07, 6.45) is 27.7. The second-order valence-corrected chi connectivity index (χ2v) is 11.0. The molecule has 0 saturated carbocycles. The fourth-order valence-electron chi connectivity index (χ4n) is 4.83. The minimum Gasteiger partial charge on any atom is -0.490 e. The SMILES string of the molecule is CCCCCCCCCCCCOc1ccc(CC(C)N)cc1OCCCCCCCCCCCC. The largest absolute Gasteiger partial charge is 0.490 e. The van der Waals surface area contributed by atoms with Crippen molar-refractivity contribution in [2.75, 3.05) is 13.2 Å². The Morgan fingerprint density at radius 3 is 1.36 bits per heavy atom. The van der Waals surface area contributed by atoms with Crippen LogP contribution in [-0.4, -0.2) is 19.3 Å². The molecule has 0 aliphatic heterocycles. The van der Waals surface area contributed by atoms with E-state index in [4.69, 9.17) is 15.2 Å². The van der Waals surface area contributed by atoms with Crippen LogP contribution in [0.4, 0.5) is 0 Å². The van der Waals surface area contributed by atoms with Gasteiger partial charge in [0.15, 0.2) is 11.5 Å². The first-order valence-electron chi connectivity index (χ1n) is 15.8. The third-order valence-corrected chi connectivity index (χ3v) is 7.08. The van der Waals surface area contributed by atoms with Crippen LogP contribution in [0, 0.1) is 0 Å². The van der Waals surface area contributed by atoms with Crippen molar-refractivity contribution in [2.24, 2.45) is 5.73 Å². The molecule has 0 heterocycles. The lowest BCUT2D eigenvalue weighted by Gasteiger charge is -2.15. The zero-order valence-electron chi connectivity index (χ0n) is 24.5. The summed E-state index contributed by atoms with van der Waals surface area (Å²) < 4.78 is 12.4. The van der Waals surface area contributed by atoms with E-state index in [0.29, 0.717) is 0 Å². The normalized spacial score (nSPS) is 12.1. The van der Waals surface area contributed by atoms with Gasteiger partial charge in [0.25, 0.3) is 0 Å². The molecule has 1 aromatic rings. The molecule has 36 heavy (non-hydrogen) atoms. The van der Waals surface area contributed by atoms with Gasteiger partial charge in [0.05, 0.1) is 13.2 Å². The molecule has 3 nitrogen and oxygen atoms in total. The highest BCUT2D eigenvalue weighted by Crippen LogP contribution is 2.29. The monoisotopic (exact) mass is 503 g/mol. The Balaban J connectivity index is 2.25. The van der Waals surface area contributed by atoms with E-state index in [0.717, 1.165) is 44.0 Å². The quantitative estimate of drug-likeness (QED) is 0.128. The molecule has 210 valence electrons. The Morgan fingerprint density at radius 2 is 0.944 bits per heavy atom. The predicted molar refractivity (Wildman–Crippen MR) is 158 cm³/mol. The number of benzene rings is 1. The first-order chi connectivity index (χ1) is 17.7. The fourth-order valence-corrected chi connectivity index (χ4v) is 4.83. The van der Waals surface area contributed by atoms with E-state index in [1.54, 1.807) is 0 Å². The zero-order valence-corrected chi connectivity index (χ0v) is 24.5. The van der Waals surface area contributed by atoms with Gasteiger partial charge in [-0.05, 0) is 43.9 Å². The van der Waals surface area contributed by atoms with Crippen molar-refractivity contribution >= 4 is 0 Å². The molecule has 1 rings (SSSR count). The fraction of sp³-hybridized carbons (Fsp3) is 0.818. The molecular formula is C33H61NO2. The van der Waals surface area contributed by atoms with Gasteiger partial charge in [0, 0.05) is 6.04 Å². The summed E-state index contributed by atoms with van der Waals surface area (Å²) in [4.78, 5) is 0. The van der Waals surface area contributed by atoms with Gasteiger partial charge in [-0.2, -0.15) is 0 Å². The molecule has 1 atom stereocenters. The lowest BCUT2D eigenvalue weighted by molar-refractivity contribution is 0.258. The average Bonchev–Trinajstić information content (AvgIpc) is 2.86. The molecule has 0 fully saturated rings. The van der Waals surface area contributed by atoms with E-state index in [1.165, 1.54) is 121 Å². The van der Waals surface area contributed by atoms with Gasteiger partial charge in [-0.15, -0.1) is 0 Å². The van der Waals surface area contributed by atoms with Gasteiger partial charge >= 0.3 is 0 Å². The Kier molecular flexibility index (Phi) is 22.0. The topological polar surface area (TPSA) is 44.5 Å². The van der Waals surface area contributed by atoms with E-state index in [9.17, 15) is 0 Å². The lowest BCUT2D eigenvalue weighted by atomic mass is 10.1. The summed E-state index contributed by atoms with van der Waals surface area (Å²) >= 11 is 0. The smallest absolute Gasteiger partial charge is 0.161 e. The first kappa shape index (κ1) is 32.8. The van der Waals surface area contributed by atoms with Crippen LogP contribution in [0.25, 0.3) is 0 Å². The number of hydrogen-bond donors (Lipinski definition) is 1. The zero-order chi connectivity index (χ0) is 26.1. The van der Waals surface area contributed by atoms with E-state index in [2.05, 4.69) is 39.0 Å². The maximum Gasteiger partial charge on any atom is 0.161 e. The van der Waals surface area contributed by atoms with E-state index in [-0.39, 0.29) is 6.04 Å². The highest BCUT2D eigenvalue weighted by atomic mass is 16.5. The molecule has 0 aliphatic rings. The minimum absolute atomic E-state index is 0.151. The summed E-state index contributed by atoms with van der Waals surface area (Å²) in [6.45, 7) is 8.17. The Morgan fingerprint density at radius 1 is 0.556 bits per heavy atom. The molecule has 1 aromatic carbocycles. The van der Waals surface area contributed by atoms with Crippen molar-refractivity contribution in [3.05, 3.63) is 23.8 Å². The number of rotatable bonds is 26. The molecule has 0 spiro atoms. The van der Waals surface area contributed by atoms with Crippen molar-refractivity contribution in [3.63, 3.8) is 0 Å². The predicted octanol–water partition coefficient (Wildman–Crippen LogP) is 10.2. The van der Waals surface area contributed by atoms with Gasteiger partial charge in [0.1, 0.15) is 0 Å². The number of ether oxygens (including phenoxy) is 2. The Hall–Kier alpha value is -1.22. The summed E-state index contributed by atoms with van der Waals surface area (Å²) in [7, 11) is 0. The van der Waals surface area contributed by atoms with Gasteiger partial charge in [-0.1, -0.05) is 135 Å². The molecule has 2 N–H and O–H groups in total. The van der Waals surface area contributed by atoms with Crippen LogP contribution in [0.1, 0.15) is 155 Å². The number of hydrogen-bond acceptors (Lipinski definition) is 3. The van der Waals surface area contributed by atoms with Crippen LogP contribution in [0.15, 0.2) is 18.2 Å². The average molecular weight is 504 g/mol. The Labute approximate surface area is 225 Å². The van der Waals surface area contributed by atoms with Crippen LogP contribution in [0.5, 0.6) is 11.5 Å².